The minimum absolute atomic E-state index is 0.0547. The van der Waals surface area contributed by atoms with Gasteiger partial charge in [-0.3, -0.25) is 4.79 Å². The first kappa shape index (κ1) is 12.2. The summed E-state index contributed by atoms with van der Waals surface area (Å²) in [5.74, 6) is -0.214. The van der Waals surface area contributed by atoms with Gasteiger partial charge in [0.2, 0.25) is 0 Å². The Hall–Kier alpha value is -2.27. The topological polar surface area (TPSA) is 74.8 Å². The molecule has 1 amide bonds. The molecule has 1 aromatic heterocycles. The Kier molecular flexibility index (Phi) is 3.64. The summed E-state index contributed by atoms with van der Waals surface area (Å²) in [6.07, 6.45) is 2.84. The third-order valence-electron chi connectivity index (χ3n) is 2.10. The first-order valence-electron chi connectivity index (χ1n) is 5.02. The molecule has 0 saturated carbocycles. The lowest BCUT2D eigenvalue weighted by molar-refractivity contribution is 0.0952. The van der Waals surface area contributed by atoms with E-state index in [1.165, 1.54) is 30.7 Å². The number of aromatic hydroxyl groups is 1. The average molecular weight is 265 g/mol. The fraction of sp³-hybridized carbons (Fsp3) is 0. The maximum absolute atomic E-state index is 11.7. The van der Waals surface area contributed by atoms with Gasteiger partial charge in [0.15, 0.2) is 0 Å². The number of hydrogen-bond donors (Lipinski definition) is 2. The predicted molar refractivity (Wildman–Crippen MR) is 66.9 cm³/mol. The molecule has 0 aliphatic heterocycles. The lowest BCUT2D eigenvalue weighted by Gasteiger charge is -2.02. The lowest BCUT2D eigenvalue weighted by Crippen LogP contribution is -2.17. The van der Waals surface area contributed by atoms with E-state index in [1.54, 1.807) is 12.1 Å². The van der Waals surface area contributed by atoms with Gasteiger partial charge < -0.3 is 9.52 Å². The van der Waals surface area contributed by atoms with E-state index in [1.807, 2.05) is 0 Å². The van der Waals surface area contributed by atoms with Gasteiger partial charge in [-0.25, -0.2) is 5.43 Å². The third kappa shape index (κ3) is 2.89. The summed E-state index contributed by atoms with van der Waals surface area (Å²) in [4.78, 5) is 11.7. The van der Waals surface area contributed by atoms with E-state index in [0.717, 1.165) is 0 Å². The second-order valence-corrected chi connectivity index (χ2v) is 3.81. The van der Waals surface area contributed by atoms with E-state index in [0.29, 0.717) is 10.8 Å². The number of carbonyl (C=O) groups is 1. The van der Waals surface area contributed by atoms with Crippen molar-refractivity contribution in [3.05, 3.63) is 52.9 Å². The van der Waals surface area contributed by atoms with Crippen LogP contribution in [0.4, 0.5) is 0 Å². The van der Waals surface area contributed by atoms with Crippen molar-refractivity contribution < 1.29 is 14.3 Å². The quantitative estimate of drug-likeness (QED) is 0.660. The van der Waals surface area contributed by atoms with Gasteiger partial charge in [0.05, 0.1) is 18.0 Å². The fourth-order valence-electron chi connectivity index (χ4n) is 1.27. The molecule has 6 heteroatoms. The summed E-state index contributed by atoms with van der Waals surface area (Å²) >= 11 is 5.73. The Bertz CT molecular complexity index is 579. The van der Waals surface area contributed by atoms with Crippen molar-refractivity contribution in [1.82, 2.24) is 5.43 Å². The monoisotopic (exact) mass is 264 g/mol. The number of halogens is 1. The number of rotatable bonds is 3. The Morgan fingerprint density at radius 2 is 2.28 bits per heavy atom. The molecule has 5 nitrogen and oxygen atoms in total. The van der Waals surface area contributed by atoms with Gasteiger partial charge in [-0.05, 0) is 30.3 Å². The number of carbonyl (C=O) groups excluding carboxylic acids is 1. The summed E-state index contributed by atoms with van der Waals surface area (Å²) in [6.45, 7) is 0. The van der Waals surface area contributed by atoms with E-state index in [-0.39, 0.29) is 11.3 Å². The lowest BCUT2D eigenvalue weighted by atomic mass is 10.2. The Labute approximate surface area is 108 Å². The normalized spacial score (nSPS) is 10.7. The molecule has 2 rings (SSSR count). The Morgan fingerprint density at radius 1 is 1.44 bits per heavy atom. The van der Waals surface area contributed by atoms with Crippen molar-refractivity contribution >= 4 is 23.7 Å². The van der Waals surface area contributed by atoms with Crippen LogP contribution in [0.5, 0.6) is 5.75 Å². The number of benzene rings is 1. The summed E-state index contributed by atoms with van der Waals surface area (Å²) in [6, 6.07) is 7.57. The van der Waals surface area contributed by atoms with Gasteiger partial charge in [-0.2, -0.15) is 5.10 Å². The van der Waals surface area contributed by atoms with E-state index < -0.39 is 5.91 Å². The van der Waals surface area contributed by atoms with Crippen molar-refractivity contribution in [2.45, 2.75) is 0 Å². The highest BCUT2D eigenvalue weighted by atomic mass is 35.5. The summed E-state index contributed by atoms with van der Waals surface area (Å²) in [7, 11) is 0. The molecule has 1 heterocycles. The molecule has 0 radical (unpaired) electrons. The number of nitrogens with zero attached hydrogens (tertiary/aromatic N) is 1. The van der Waals surface area contributed by atoms with Crippen LogP contribution in [0.15, 0.2) is 46.1 Å². The molecule has 0 aliphatic rings. The van der Waals surface area contributed by atoms with Crippen LogP contribution in [0.2, 0.25) is 5.02 Å². The minimum atomic E-state index is -0.558. The molecule has 92 valence electrons. The maximum atomic E-state index is 11.7. The van der Waals surface area contributed by atoms with Crippen LogP contribution in [0.25, 0.3) is 0 Å². The smallest absolute Gasteiger partial charge is 0.275 e. The van der Waals surface area contributed by atoms with E-state index >= 15 is 0 Å². The van der Waals surface area contributed by atoms with Crippen LogP contribution in [-0.4, -0.2) is 17.2 Å². The highest BCUT2D eigenvalue weighted by Gasteiger charge is 2.10. The van der Waals surface area contributed by atoms with Gasteiger partial charge in [-0.15, -0.1) is 0 Å². The molecule has 0 unspecified atom stereocenters. The molecule has 2 N–H and O–H groups in total. The highest BCUT2D eigenvalue weighted by molar-refractivity contribution is 6.31. The summed E-state index contributed by atoms with van der Waals surface area (Å²) in [5.41, 5.74) is 2.31. The zero-order valence-electron chi connectivity index (χ0n) is 9.13. The number of phenols is 1. The number of hydrazone groups is 1. The highest BCUT2D eigenvalue weighted by Crippen LogP contribution is 2.21. The Morgan fingerprint density at radius 3 is 3.00 bits per heavy atom. The van der Waals surface area contributed by atoms with Crippen molar-refractivity contribution in [3.63, 3.8) is 0 Å². The van der Waals surface area contributed by atoms with Crippen LogP contribution in [0.3, 0.4) is 0 Å². The van der Waals surface area contributed by atoms with Crippen LogP contribution < -0.4 is 5.43 Å². The number of nitrogens with one attached hydrogen (secondary N) is 1. The van der Waals surface area contributed by atoms with E-state index in [2.05, 4.69) is 10.5 Å². The zero-order chi connectivity index (χ0) is 13.0. The molecular formula is C12H9ClN2O3. The molecular weight excluding hydrogens is 256 g/mol. The molecule has 0 fully saturated rings. The van der Waals surface area contributed by atoms with Gasteiger partial charge in [0, 0.05) is 5.02 Å². The van der Waals surface area contributed by atoms with E-state index in [4.69, 9.17) is 16.0 Å². The van der Waals surface area contributed by atoms with Crippen LogP contribution >= 0.6 is 11.6 Å². The van der Waals surface area contributed by atoms with E-state index in [9.17, 15) is 9.90 Å². The van der Waals surface area contributed by atoms with Gasteiger partial charge in [0.25, 0.3) is 5.91 Å². The van der Waals surface area contributed by atoms with Gasteiger partial charge in [-0.1, -0.05) is 11.6 Å². The molecule has 0 aliphatic carbocycles. The number of hydrogen-bond acceptors (Lipinski definition) is 4. The molecule has 0 bridgehead atoms. The van der Waals surface area contributed by atoms with Gasteiger partial charge >= 0.3 is 0 Å². The van der Waals surface area contributed by atoms with Crippen molar-refractivity contribution in [2.75, 3.05) is 0 Å². The standard InChI is InChI=1S/C12H9ClN2O3/c13-8-3-4-11(16)10(6-8)12(17)15-14-7-9-2-1-5-18-9/h1-7,16H,(H,15,17)/b14-7-. The summed E-state index contributed by atoms with van der Waals surface area (Å²) in [5, 5.41) is 13.5. The Balaban J connectivity index is 2.06. The van der Waals surface area contributed by atoms with Crippen molar-refractivity contribution in [1.29, 1.82) is 0 Å². The minimum Gasteiger partial charge on any atom is -0.507 e. The molecule has 0 atom stereocenters. The maximum Gasteiger partial charge on any atom is 0.275 e. The molecule has 1 aromatic carbocycles. The number of amides is 1. The zero-order valence-corrected chi connectivity index (χ0v) is 9.89. The van der Waals surface area contributed by atoms with Crippen molar-refractivity contribution in [2.24, 2.45) is 5.10 Å². The second kappa shape index (κ2) is 5.37. The average Bonchev–Trinajstić information content (AvgIpc) is 2.85. The van der Waals surface area contributed by atoms with Crippen LogP contribution in [-0.2, 0) is 0 Å². The molecule has 0 saturated heterocycles. The first-order valence-corrected chi connectivity index (χ1v) is 5.40. The SMILES string of the molecule is O=C(N/N=C\c1ccco1)c1cc(Cl)ccc1O. The van der Waals surface area contributed by atoms with Crippen LogP contribution in [0, 0.1) is 0 Å². The third-order valence-corrected chi connectivity index (χ3v) is 2.34. The second-order valence-electron chi connectivity index (χ2n) is 3.38. The molecule has 2 aromatic rings. The molecule has 0 spiro atoms. The first-order chi connectivity index (χ1) is 8.66. The largest absolute Gasteiger partial charge is 0.507 e. The number of furan rings is 1. The van der Waals surface area contributed by atoms with Crippen LogP contribution in [0.1, 0.15) is 16.1 Å². The summed E-state index contributed by atoms with van der Waals surface area (Å²) < 4.78 is 4.99. The predicted octanol–water partition coefficient (Wildman–Crippen LogP) is 2.40. The van der Waals surface area contributed by atoms with Gasteiger partial charge in [0.1, 0.15) is 11.5 Å². The molecule has 18 heavy (non-hydrogen) atoms. The fourth-order valence-corrected chi connectivity index (χ4v) is 1.44. The van der Waals surface area contributed by atoms with Crippen molar-refractivity contribution in [3.8, 4) is 5.75 Å². The number of phenolic OH excluding ortho intramolecular Hbond substituents is 1.